The second kappa shape index (κ2) is 7.15. The fourth-order valence-corrected chi connectivity index (χ4v) is 2.12. The number of benzene rings is 1. The van der Waals surface area contributed by atoms with E-state index in [0.29, 0.717) is 5.02 Å². The standard InChI is InChI=1S/C13H7Cl4N3O2/c14-7-1-2-9(15)8(4-7)13(22)20-19-12(21)6-3-10(16)11(17)18-5-6/h1-5H,(H,19,21)(H,20,22). The summed E-state index contributed by atoms with van der Waals surface area (Å²) >= 11 is 23.1. The van der Waals surface area contributed by atoms with E-state index in [9.17, 15) is 9.59 Å². The molecule has 2 aromatic rings. The zero-order chi connectivity index (χ0) is 16.3. The van der Waals surface area contributed by atoms with Crippen molar-refractivity contribution in [3.8, 4) is 0 Å². The molecule has 0 saturated heterocycles. The van der Waals surface area contributed by atoms with Crippen LogP contribution in [0.2, 0.25) is 20.2 Å². The first-order valence-electron chi connectivity index (χ1n) is 5.75. The summed E-state index contributed by atoms with van der Waals surface area (Å²) in [5, 5.41) is 0.744. The van der Waals surface area contributed by atoms with Gasteiger partial charge in [-0.2, -0.15) is 0 Å². The molecule has 114 valence electrons. The summed E-state index contributed by atoms with van der Waals surface area (Å²) in [6.07, 6.45) is 1.22. The van der Waals surface area contributed by atoms with Crippen molar-refractivity contribution >= 4 is 58.2 Å². The first-order chi connectivity index (χ1) is 10.4. The van der Waals surface area contributed by atoms with Gasteiger partial charge in [0.25, 0.3) is 11.8 Å². The van der Waals surface area contributed by atoms with Gasteiger partial charge < -0.3 is 0 Å². The van der Waals surface area contributed by atoms with Gasteiger partial charge in [-0.3, -0.25) is 20.4 Å². The van der Waals surface area contributed by atoms with E-state index in [2.05, 4.69) is 15.8 Å². The van der Waals surface area contributed by atoms with Crippen LogP contribution in [-0.4, -0.2) is 16.8 Å². The maximum atomic E-state index is 11.9. The minimum absolute atomic E-state index is 0.0768. The van der Waals surface area contributed by atoms with Crippen LogP contribution in [0.4, 0.5) is 0 Å². The zero-order valence-electron chi connectivity index (χ0n) is 10.7. The number of hydrogen-bond donors (Lipinski definition) is 2. The Bertz CT molecular complexity index is 752. The molecule has 1 aromatic carbocycles. The Balaban J connectivity index is 2.05. The molecule has 1 aromatic heterocycles. The van der Waals surface area contributed by atoms with Gasteiger partial charge in [0.1, 0.15) is 5.15 Å². The minimum Gasteiger partial charge on any atom is -0.267 e. The maximum Gasteiger partial charge on any atom is 0.271 e. The van der Waals surface area contributed by atoms with E-state index in [1.165, 1.54) is 24.4 Å². The van der Waals surface area contributed by atoms with Crippen molar-refractivity contribution in [2.75, 3.05) is 0 Å². The van der Waals surface area contributed by atoms with E-state index in [-0.39, 0.29) is 26.3 Å². The van der Waals surface area contributed by atoms with Gasteiger partial charge in [-0.05, 0) is 24.3 Å². The summed E-state index contributed by atoms with van der Waals surface area (Å²) in [5.41, 5.74) is 4.68. The minimum atomic E-state index is -0.617. The lowest BCUT2D eigenvalue weighted by Crippen LogP contribution is -2.41. The van der Waals surface area contributed by atoms with Crippen molar-refractivity contribution in [1.29, 1.82) is 0 Å². The molecule has 5 nitrogen and oxygen atoms in total. The molecule has 0 aliphatic rings. The van der Waals surface area contributed by atoms with Gasteiger partial charge in [0.15, 0.2) is 0 Å². The highest BCUT2D eigenvalue weighted by Gasteiger charge is 2.13. The van der Waals surface area contributed by atoms with Crippen molar-refractivity contribution < 1.29 is 9.59 Å². The monoisotopic (exact) mass is 377 g/mol. The smallest absolute Gasteiger partial charge is 0.267 e. The van der Waals surface area contributed by atoms with Crippen LogP contribution in [-0.2, 0) is 0 Å². The second-order valence-corrected chi connectivity index (χ2v) is 5.64. The Labute approximate surface area is 145 Å². The Kier molecular flexibility index (Phi) is 5.47. The van der Waals surface area contributed by atoms with Gasteiger partial charge >= 0.3 is 0 Å². The number of rotatable bonds is 2. The van der Waals surface area contributed by atoms with Crippen LogP contribution in [0.15, 0.2) is 30.5 Å². The van der Waals surface area contributed by atoms with Crippen LogP contribution in [0.5, 0.6) is 0 Å². The van der Waals surface area contributed by atoms with Crippen LogP contribution in [0.3, 0.4) is 0 Å². The number of halogens is 4. The molecule has 0 radical (unpaired) electrons. The lowest BCUT2D eigenvalue weighted by Gasteiger charge is -2.09. The Morgan fingerprint density at radius 3 is 2.27 bits per heavy atom. The largest absolute Gasteiger partial charge is 0.271 e. The molecule has 0 aliphatic carbocycles. The number of amides is 2. The Morgan fingerprint density at radius 2 is 1.59 bits per heavy atom. The number of aromatic nitrogens is 1. The molecular weight excluding hydrogens is 372 g/mol. The number of carbonyl (C=O) groups excluding carboxylic acids is 2. The van der Waals surface area contributed by atoms with Gasteiger partial charge in [-0.25, -0.2) is 4.98 Å². The third kappa shape index (κ3) is 4.01. The predicted molar refractivity (Wildman–Crippen MR) is 85.7 cm³/mol. The summed E-state index contributed by atoms with van der Waals surface area (Å²) in [6.45, 7) is 0. The molecule has 9 heteroatoms. The van der Waals surface area contributed by atoms with Crippen LogP contribution < -0.4 is 10.9 Å². The number of pyridine rings is 1. The molecule has 2 amide bonds. The third-order valence-corrected chi connectivity index (χ3v) is 3.77. The second-order valence-electron chi connectivity index (χ2n) is 4.03. The van der Waals surface area contributed by atoms with Crippen molar-refractivity contribution in [3.63, 3.8) is 0 Å². The summed E-state index contributed by atoms with van der Waals surface area (Å²) in [7, 11) is 0. The van der Waals surface area contributed by atoms with Crippen molar-refractivity contribution in [2.45, 2.75) is 0 Å². The first kappa shape index (κ1) is 16.8. The van der Waals surface area contributed by atoms with E-state index >= 15 is 0 Å². The van der Waals surface area contributed by atoms with E-state index in [4.69, 9.17) is 46.4 Å². The van der Waals surface area contributed by atoms with Crippen LogP contribution in [0.25, 0.3) is 0 Å². The van der Waals surface area contributed by atoms with Gasteiger partial charge in [0.2, 0.25) is 0 Å². The molecule has 0 spiro atoms. The van der Waals surface area contributed by atoms with Crippen LogP contribution in [0.1, 0.15) is 20.7 Å². The van der Waals surface area contributed by atoms with Crippen molar-refractivity contribution in [3.05, 3.63) is 61.8 Å². The number of hydrazine groups is 1. The quantitative estimate of drug-likeness (QED) is 0.617. The molecule has 0 unspecified atom stereocenters. The number of nitrogens with zero attached hydrogens (tertiary/aromatic N) is 1. The fourth-order valence-electron chi connectivity index (χ4n) is 1.47. The van der Waals surface area contributed by atoms with E-state index in [1.54, 1.807) is 6.07 Å². The average molecular weight is 379 g/mol. The van der Waals surface area contributed by atoms with Crippen LogP contribution in [0, 0.1) is 0 Å². The zero-order valence-corrected chi connectivity index (χ0v) is 13.7. The highest BCUT2D eigenvalue weighted by molar-refractivity contribution is 6.41. The first-order valence-corrected chi connectivity index (χ1v) is 7.26. The van der Waals surface area contributed by atoms with Gasteiger partial charge in [0.05, 0.1) is 21.2 Å². The summed E-state index contributed by atoms with van der Waals surface area (Å²) in [5.74, 6) is -1.23. The number of nitrogens with one attached hydrogen (secondary N) is 2. The molecule has 0 fully saturated rings. The molecule has 22 heavy (non-hydrogen) atoms. The summed E-state index contributed by atoms with van der Waals surface area (Å²) in [4.78, 5) is 27.5. The lowest BCUT2D eigenvalue weighted by molar-refractivity contribution is 0.0846. The molecule has 0 saturated carbocycles. The predicted octanol–water partition coefficient (Wildman–Crippen LogP) is 3.77. The topological polar surface area (TPSA) is 71.1 Å². The fraction of sp³-hybridized carbons (Fsp3) is 0. The molecule has 2 rings (SSSR count). The van der Waals surface area contributed by atoms with Crippen molar-refractivity contribution in [1.82, 2.24) is 15.8 Å². The van der Waals surface area contributed by atoms with Crippen molar-refractivity contribution in [2.24, 2.45) is 0 Å². The van der Waals surface area contributed by atoms with Crippen LogP contribution >= 0.6 is 46.4 Å². The molecule has 2 N–H and O–H groups in total. The number of hydrogen-bond acceptors (Lipinski definition) is 3. The summed E-state index contributed by atoms with van der Waals surface area (Å²) < 4.78 is 0. The van der Waals surface area contributed by atoms with E-state index in [0.717, 1.165) is 0 Å². The Hall–Kier alpha value is -1.53. The molecule has 0 atom stereocenters. The highest BCUT2D eigenvalue weighted by Crippen LogP contribution is 2.21. The Morgan fingerprint density at radius 1 is 0.909 bits per heavy atom. The third-order valence-electron chi connectivity index (χ3n) is 2.52. The normalized spacial score (nSPS) is 10.2. The summed E-state index contributed by atoms with van der Waals surface area (Å²) in [6, 6.07) is 5.72. The van der Waals surface area contributed by atoms with Gasteiger partial charge in [-0.1, -0.05) is 46.4 Å². The van der Waals surface area contributed by atoms with Gasteiger partial charge in [0, 0.05) is 11.2 Å². The van der Waals surface area contributed by atoms with E-state index < -0.39 is 11.8 Å². The highest BCUT2D eigenvalue weighted by atomic mass is 35.5. The lowest BCUT2D eigenvalue weighted by atomic mass is 10.2. The molecular formula is C13H7Cl4N3O2. The average Bonchev–Trinajstić information content (AvgIpc) is 2.49. The van der Waals surface area contributed by atoms with E-state index in [1.807, 2.05) is 0 Å². The SMILES string of the molecule is O=C(NNC(=O)c1cc(Cl)ccc1Cl)c1cnc(Cl)c(Cl)c1. The molecule has 0 bridgehead atoms. The molecule has 0 aliphatic heterocycles. The maximum absolute atomic E-state index is 11.9. The van der Waals surface area contributed by atoms with Gasteiger partial charge in [-0.15, -0.1) is 0 Å². The number of carbonyl (C=O) groups is 2. The molecule has 1 heterocycles.